The van der Waals surface area contributed by atoms with Crippen LogP contribution in [0.25, 0.3) is 11.0 Å². The number of benzene rings is 2. The van der Waals surface area contributed by atoms with Crippen LogP contribution in [0.4, 0.5) is 4.39 Å². The lowest BCUT2D eigenvalue weighted by Gasteiger charge is -2.12. The van der Waals surface area contributed by atoms with E-state index in [1.54, 1.807) is 0 Å². The molecule has 0 saturated heterocycles. The van der Waals surface area contributed by atoms with Gasteiger partial charge in [-0.2, -0.15) is 0 Å². The zero-order chi connectivity index (χ0) is 15.0. The molecule has 0 fully saturated rings. The van der Waals surface area contributed by atoms with E-state index >= 15 is 0 Å². The molecule has 108 valence electrons. The zero-order valence-corrected chi connectivity index (χ0v) is 13.1. The Labute approximate surface area is 130 Å². The van der Waals surface area contributed by atoms with Gasteiger partial charge in [0.15, 0.2) is 0 Å². The Morgan fingerprint density at radius 3 is 2.76 bits per heavy atom. The van der Waals surface area contributed by atoms with Crippen molar-refractivity contribution in [3.8, 4) is 0 Å². The van der Waals surface area contributed by atoms with Gasteiger partial charge in [-0.1, -0.05) is 28.1 Å². The summed E-state index contributed by atoms with van der Waals surface area (Å²) in [5.74, 6) is 0.601. The largest absolute Gasteiger partial charge is 0.331 e. The second-order valence-corrected chi connectivity index (χ2v) is 6.00. The molecule has 1 atom stereocenters. The number of fused-ring (bicyclic) bond motifs is 1. The molecule has 1 heterocycles. The van der Waals surface area contributed by atoms with Gasteiger partial charge in [0.05, 0.1) is 11.0 Å². The van der Waals surface area contributed by atoms with Gasteiger partial charge in [-0.15, -0.1) is 0 Å². The van der Waals surface area contributed by atoms with Gasteiger partial charge >= 0.3 is 0 Å². The molecule has 2 N–H and O–H groups in total. The van der Waals surface area contributed by atoms with Crippen molar-refractivity contribution < 1.29 is 4.39 Å². The Bertz CT molecular complexity index is 777. The third-order valence-corrected chi connectivity index (χ3v) is 4.05. The molecule has 0 bridgehead atoms. The maximum absolute atomic E-state index is 13.5. The summed E-state index contributed by atoms with van der Waals surface area (Å²) in [6.45, 7) is 0. The Morgan fingerprint density at radius 1 is 1.29 bits per heavy atom. The van der Waals surface area contributed by atoms with Crippen molar-refractivity contribution in [3.63, 3.8) is 0 Å². The molecule has 5 heteroatoms. The van der Waals surface area contributed by atoms with Gasteiger partial charge in [0.2, 0.25) is 0 Å². The van der Waals surface area contributed by atoms with Gasteiger partial charge in [0.1, 0.15) is 11.6 Å². The average Bonchev–Trinajstić information content (AvgIpc) is 2.75. The van der Waals surface area contributed by atoms with Crippen molar-refractivity contribution in [3.05, 3.63) is 64.1 Å². The van der Waals surface area contributed by atoms with E-state index in [4.69, 9.17) is 5.73 Å². The molecule has 2 aromatic carbocycles. The number of hydrogen-bond acceptors (Lipinski definition) is 2. The van der Waals surface area contributed by atoms with E-state index in [0.717, 1.165) is 22.4 Å². The zero-order valence-electron chi connectivity index (χ0n) is 11.6. The van der Waals surface area contributed by atoms with Crippen LogP contribution in [-0.2, 0) is 13.5 Å². The number of nitrogens with zero attached hydrogens (tertiary/aromatic N) is 2. The summed E-state index contributed by atoms with van der Waals surface area (Å²) in [7, 11) is 1.97. The van der Waals surface area contributed by atoms with Gasteiger partial charge in [-0.3, -0.25) is 0 Å². The number of halogens is 2. The smallest absolute Gasteiger partial charge is 0.124 e. The highest BCUT2D eigenvalue weighted by atomic mass is 79.9. The molecule has 0 aliphatic carbocycles. The molecule has 3 aromatic rings. The molecule has 1 unspecified atom stereocenters. The minimum atomic E-state index is -0.299. The third-order valence-electron chi connectivity index (χ3n) is 3.60. The lowest BCUT2D eigenvalue weighted by Crippen LogP contribution is -2.16. The summed E-state index contributed by atoms with van der Waals surface area (Å²) in [5, 5.41) is 0. The molecule has 3 rings (SSSR count). The first-order valence-corrected chi connectivity index (χ1v) is 7.46. The van der Waals surface area contributed by atoms with Crippen molar-refractivity contribution in [2.24, 2.45) is 12.8 Å². The summed E-state index contributed by atoms with van der Waals surface area (Å²) in [4.78, 5) is 4.60. The highest BCUT2D eigenvalue weighted by molar-refractivity contribution is 9.10. The van der Waals surface area contributed by atoms with Crippen molar-refractivity contribution in [1.29, 1.82) is 0 Å². The predicted molar refractivity (Wildman–Crippen MR) is 85.4 cm³/mol. The van der Waals surface area contributed by atoms with Crippen LogP contribution in [0.3, 0.4) is 0 Å². The number of aromatic nitrogens is 2. The van der Waals surface area contributed by atoms with Crippen LogP contribution < -0.4 is 5.73 Å². The van der Waals surface area contributed by atoms with Gasteiger partial charge in [0.25, 0.3) is 0 Å². The van der Waals surface area contributed by atoms with Gasteiger partial charge in [-0.25, -0.2) is 9.37 Å². The van der Waals surface area contributed by atoms with Crippen molar-refractivity contribution >= 4 is 27.0 Å². The number of hydrogen-bond donors (Lipinski definition) is 1. The van der Waals surface area contributed by atoms with Crippen LogP contribution >= 0.6 is 15.9 Å². The first-order chi connectivity index (χ1) is 10.0. The number of nitrogens with two attached hydrogens (primary N) is 1. The molecule has 3 nitrogen and oxygen atoms in total. The van der Waals surface area contributed by atoms with Crippen LogP contribution in [0.15, 0.2) is 46.9 Å². The molecule has 0 saturated carbocycles. The van der Waals surface area contributed by atoms with Crippen LogP contribution in [0.2, 0.25) is 0 Å². The van der Waals surface area contributed by atoms with Crippen molar-refractivity contribution in [1.82, 2.24) is 9.55 Å². The quantitative estimate of drug-likeness (QED) is 0.784. The topological polar surface area (TPSA) is 43.8 Å². The first kappa shape index (κ1) is 14.2. The fraction of sp³-hybridized carbons (Fsp3) is 0.188. The molecule has 0 radical (unpaired) electrons. The van der Waals surface area contributed by atoms with E-state index < -0.39 is 0 Å². The molecule has 0 aliphatic rings. The minimum absolute atomic E-state index is 0.292. The molecule has 1 aromatic heterocycles. The molecule has 0 amide bonds. The number of rotatable bonds is 3. The maximum Gasteiger partial charge on any atom is 0.124 e. The number of para-hydroxylation sites is 2. The summed E-state index contributed by atoms with van der Waals surface area (Å²) in [5.41, 5.74) is 8.99. The number of imidazole rings is 1. The molecular weight excluding hydrogens is 333 g/mol. The Kier molecular flexibility index (Phi) is 3.78. The lowest BCUT2D eigenvalue weighted by atomic mass is 10.0. The van der Waals surface area contributed by atoms with Gasteiger partial charge in [-0.05, 0) is 35.9 Å². The van der Waals surface area contributed by atoms with Crippen LogP contribution in [0, 0.1) is 5.82 Å². The molecule has 21 heavy (non-hydrogen) atoms. The van der Waals surface area contributed by atoms with E-state index in [1.807, 2.05) is 41.9 Å². The normalized spacial score (nSPS) is 12.8. The molecular formula is C16H15BrFN3. The van der Waals surface area contributed by atoms with Crippen LogP contribution in [0.5, 0.6) is 0 Å². The summed E-state index contributed by atoms with van der Waals surface area (Å²) in [6, 6.07) is 12.4. The van der Waals surface area contributed by atoms with Gasteiger partial charge < -0.3 is 10.3 Å². The molecule has 0 spiro atoms. The van der Waals surface area contributed by atoms with Crippen molar-refractivity contribution in [2.45, 2.75) is 12.5 Å². The monoisotopic (exact) mass is 347 g/mol. The highest BCUT2D eigenvalue weighted by Crippen LogP contribution is 2.23. The fourth-order valence-corrected chi connectivity index (χ4v) is 2.96. The molecule has 0 aliphatic heterocycles. The van der Waals surface area contributed by atoms with E-state index in [9.17, 15) is 4.39 Å². The Balaban J connectivity index is 1.92. The van der Waals surface area contributed by atoms with E-state index in [2.05, 4.69) is 20.9 Å². The van der Waals surface area contributed by atoms with E-state index in [1.165, 1.54) is 12.1 Å². The second kappa shape index (κ2) is 5.58. The Morgan fingerprint density at radius 2 is 2.05 bits per heavy atom. The van der Waals surface area contributed by atoms with E-state index in [-0.39, 0.29) is 11.9 Å². The van der Waals surface area contributed by atoms with Crippen LogP contribution in [0.1, 0.15) is 17.4 Å². The fourth-order valence-electron chi connectivity index (χ4n) is 2.48. The maximum atomic E-state index is 13.5. The first-order valence-electron chi connectivity index (χ1n) is 6.66. The van der Waals surface area contributed by atoms with Gasteiger partial charge in [0, 0.05) is 24.0 Å². The minimum Gasteiger partial charge on any atom is -0.331 e. The lowest BCUT2D eigenvalue weighted by molar-refractivity contribution is 0.612. The average molecular weight is 348 g/mol. The predicted octanol–water partition coefficient (Wildman–Crippen LogP) is 3.72. The second-order valence-electron chi connectivity index (χ2n) is 5.09. The highest BCUT2D eigenvalue weighted by Gasteiger charge is 2.14. The summed E-state index contributed by atoms with van der Waals surface area (Å²) < 4.78 is 16.2. The standard InChI is InChI=1S/C16H15BrFN3/c1-21-15-5-3-2-4-14(15)20-16(21)9-13(19)10-6-11(17)8-12(18)7-10/h2-8,13H,9,19H2,1H3. The van der Waals surface area contributed by atoms with Crippen molar-refractivity contribution in [2.75, 3.05) is 0 Å². The SMILES string of the molecule is Cn1c(CC(N)c2cc(F)cc(Br)c2)nc2ccccc21. The van der Waals surface area contributed by atoms with Crippen LogP contribution in [-0.4, -0.2) is 9.55 Å². The summed E-state index contributed by atoms with van der Waals surface area (Å²) >= 11 is 3.29. The third kappa shape index (κ3) is 2.84. The summed E-state index contributed by atoms with van der Waals surface area (Å²) in [6.07, 6.45) is 0.557. The Hall–Kier alpha value is -1.72. The number of aryl methyl sites for hydroxylation is 1. The van der Waals surface area contributed by atoms with E-state index in [0.29, 0.717) is 10.9 Å².